The minimum absolute atomic E-state index is 0.0149. The average molecular weight is 1320 g/mol. The van der Waals surface area contributed by atoms with E-state index in [1.165, 1.54) is 9.80 Å². The third-order valence-electron chi connectivity index (χ3n) is 15.8. The van der Waals surface area contributed by atoms with E-state index < -0.39 is 205 Å². The Bertz CT molecular complexity index is 2590. The van der Waals surface area contributed by atoms with E-state index in [0.717, 1.165) is 13.8 Å². The van der Waals surface area contributed by atoms with Gasteiger partial charge >= 0.3 is 5.97 Å². The standard InChI is InChI=1S/C55H93N15O18S2/c1-9-25(4)40(65-39(75)21-59-45(77)30(56)23-89)50(82)62-32(20-38(58)74)46(78)68-43(29(8)72)52(84)60-28(7)44(76)63-33(22-71)47(79)67-42(27(6)11-3)54(86)70-19-13-15-36(70)53(85)69-18-12-14-35(69)49(81)66-41(26(5)10-2)51(83)64-34(24-90)48(80)61-31(55(87)88)16-17-37(57)73/h25-36,40-43,71-72,89-90H,9-24,56H2,1-8H3,(H2,57,73)(H2,58,74)(H,59,77)(H,60,84)(H,61,80)(H,62,82)(H,63,76)(H,64,83)(H,65,75)(H,66,81)(H,67,79)(H,68,78)(H,87,88)/t25-,26-,27-,28-,29+,30-,31-,32-,33-,34-,35-,36-,40-,41-,42-,43-/m0/s1. The largest absolute Gasteiger partial charge is 0.480 e. The zero-order valence-corrected chi connectivity index (χ0v) is 53.8. The van der Waals surface area contributed by atoms with Gasteiger partial charge in [0.15, 0.2) is 0 Å². The summed E-state index contributed by atoms with van der Waals surface area (Å²) in [5.41, 5.74) is 16.1. The third-order valence-corrected chi connectivity index (χ3v) is 16.5. The summed E-state index contributed by atoms with van der Waals surface area (Å²) in [6.45, 7) is 10.9. The second-order valence-corrected chi connectivity index (χ2v) is 23.4. The van der Waals surface area contributed by atoms with Crippen LogP contribution in [0, 0.1) is 17.8 Å². The highest BCUT2D eigenvalue weighted by atomic mass is 32.1. The van der Waals surface area contributed by atoms with Crippen LogP contribution in [0.15, 0.2) is 0 Å². The monoisotopic (exact) mass is 1320 g/mol. The van der Waals surface area contributed by atoms with Crippen molar-refractivity contribution in [3.05, 3.63) is 0 Å². The molecule has 16 atom stereocenters. The molecule has 0 saturated carbocycles. The molecule has 90 heavy (non-hydrogen) atoms. The second kappa shape index (κ2) is 38.4. The lowest BCUT2D eigenvalue weighted by atomic mass is 9.96. The maximum Gasteiger partial charge on any atom is 0.326 e. The van der Waals surface area contributed by atoms with Crippen LogP contribution >= 0.6 is 25.3 Å². The quantitative estimate of drug-likeness (QED) is 0.0256. The summed E-state index contributed by atoms with van der Waals surface area (Å²) in [5.74, 6) is -15.9. The molecule has 0 aromatic heterocycles. The van der Waals surface area contributed by atoms with Crippen LogP contribution in [-0.2, 0) is 71.9 Å². The minimum Gasteiger partial charge on any atom is -0.480 e. The number of carboxylic acid groups (broad SMARTS) is 1. The van der Waals surface area contributed by atoms with Gasteiger partial charge in [0.05, 0.1) is 31.7 Å². The molecule has 2 saturated heterocycles. The van der Waals surface area contributed by atoms with Gasteiger partial charge in [0, 0.05) is 31.0 Å². The van der Waals surface area contributed by atoms with Gasteiger partial charge in [-0.25, -0.2) is 4.79 Å². The molecular weight excluding hydrogens is 1220 g/mol. The fourth-order valence-electron chi connectivity index (χ4n) is 9.62. The van der Waals surface area contributed by atoms with Gasteiger partial charge in [0.2, 0.25) is 82.7 Å². The summed E-state index contributed by atoms with van der Waals surface area (Å²) in [4.78, 5) is 201. The summed E-state index contributed by atoms with van der Waals surface area (Å²) in [5, 5.41) is 54.6. The van der Waals surface area contributed by atoms with E-state index in [1.54, 1.807) is 41.5 Å². The predicted octanol–water partition coefficient (Wildman–Crippen LogP) is -6.61. The van der Waals surface area contributed by atoms with Crippen LogP contribution in [0.5, 0.6) is 0 Å². The lowest BCUT2D eigenvalue weighted by Crippen LogP contribution is -2.62. The van der Waals surface area contributed by atoms with Gasteiger partial charge in [-0.2, -0.15) is 25.3 Å². The number of rotatable bonds is 38. The first-order chi connectivity index (χ1) is 42.2. The first-order valence-electron chi connectivity index (χ1n) is 29.9. The Kier molecular flexibility index (Phi) is 33.5. The van der Waals surface area contributed by atoms with Crippen molar-refractivity contribution in [2.24, 2.45) is 35.0 Å². The Morgan fingerprint density at radius 1 is 0.533 bits per heavy atom. The zero-order chi connectivity index (χ0) is 68.4. The number of aliphatic carboxylic acids is 1. The number of aliphatic hydroxyl groups is 2. The van der Waals surface area contributed by atoms with Gasteiger partial charge in [-0.3, -0.25) is 67.1 Å². The molecule has 0 radical (unpaired) electrons. The first-order valence-corrected chi connectivity index (χ1v) is 31.2. The Labute approximate surface area is 533 Å². The van der Waals surface area contributed by atoms with Gasteiger partial charge in [0.25, 0.3) is 0 Å². The van der Waals surface area contributed by atoms with Crippen LogP contribution in [0.2, 0.25) is 0 Å². The van der Waals surface area contributed by atoms with Crippen LogP contribution in [-0.4, -0.2) is 230 Å². The molecule has 0 spiro atoms. The van der Waals surface area contributed by atoms with Crippen LogP contribution in [0.1, 0.15) is 120 Å². The summed E-state index contributed by atoms with van der Waals surface area (Å²) < 4.78 is 0. The fourth-order valence-corrected chi connectivity index (χ4v) is 10.0. The highest BCUT2D eigenvalue weighted by Gasteiger charge is 2.46. The predicted molar refractivity (Wildman–Crippen MR) is 328 cm³/mol. The lowest BCUT2D eigenvalue weighted by molar-refractivity contribution is -0.149. The van der Waals surface area contributed by atoms with Gasteiger partial charge in [-0.15, -0.1) is 0 Å². The molecular formula is C55H93N15O18S2. The fraction of sp³-hybridized carbons (Fsp3) is 0.727. The number of carboxylic acids is 1. The van der Waals surface area contributed by atoms with Crippen LogP contribution < -0.4 is 70.4 Å². The SMILES string of the molecule is CC[C@H](C)[C@H](NC(=O)CNC(=O)[C@@H](N)CS)C(=O)N[C@@H](CC(N)=O)C(=O)N[C@H](C(=O)N[C@@H](C)C(=O)N[C@@H](CO)C(=O)N[C@H](C(=O)N1CCC[C@H]1C(=O)N1CCC[C@H]1C(=O)N[C@H](C(=O)N[C@@H](CS)C(=O)N[C@@H](CCC(N)=O)C(=O)O)[C@@H](C)CC)[C@@H](C)CC)[C@@H](C)O. The number of amides is 14. The number of nitrogens with one attached hydrogen (secondary N) is 10. The normalized spacial score (nSPS) is 19.3. The van der Waals surface area contributed by atoms with Crippen molar-refractivity contribution in [1.82, 2.24) is 63.0 Å². The van der Waals surface area contributed by atoms with Crippen molar-refractivity contribution in [2.75, 3.05) is 37.7 Å². The highest BCUT2D eigenvalue weighted by molar-refractivity contribution is 7.80. The van der Waals surface area contributed by atoms with Crippen molar-refractivity contribution in [3.8, 4) is 0 Å². The average Bonchev–Trinajstić information content (AvgIpc) is 1.94. The summed E-state index contributed by atoms with van der Waals surface area (Å²) >= 11 is 8.09. The highest BCUT2D eigenvalue weighted by Crippen LogP contribution is 2.27. The maximum absolute atomic E-state index is 14.6. The van der Waals surface area contributed by atoms with Crippen molar-refractivity contribution in [1.29, 1.82) is 0 Å². The maximum atomic E-state index is 14.6. The van der Waals surface area contributed by atoms with Gasteiger partial charge in [0.1, 0.15) is 66.5 Å². The summed E-state index contributed by atoms with van der Waals surface area (Å²) in [6, 6.07) is -17.0. The number of carbonyl (C=O) groups excluding carboxylic acids is 14. The molecule has 14 amide bonds. The number of nitrogens with two attached hydrogens (primary N) is 3. The topological polar surface area (TPSA) is 522 Å². The zero-order valence-electron chi connectivity index (χ0n) is 52.0. The van der Waals surface area contributed by atoms with Crippen LogP contribution in [0.3, 0.4) is 0 Å². The summed E-state index contributed by atoms with van der Waals surface area (Å²) in [7, 11) is 0. The molecule has 2 fully saturated rings. The molecule has 35 heteroatoms. The van der Waals surface area contributed by atoms with Crippen LogP contribution in [0.25, 0.3) is 0 Å². The van der Waals surface area contributed by atoms with Crippen LogP contribution in [0.4, 0.5) is 0 Å². The number of hydrogen-bond acceptors (Lipinski definition) is 20. The van der Waals surface area contributed by atoms with Crippen molar-refractivity contribution < 1.29 is 87.2 Å². The number of likely N-dealkylation sites (tertiary alicyclic amines) is 2. The molecule has 2 rings (SSSR count). The molecule has 2 aliphatic heterocycles. The van der Waals surface area contributed by atoms with Crippen molar-refractivity contribution in [3.63, 3.8) is 0 Å². The second-order valence-electron chi connectivity index (χ2n) is 22.6. The lowest BCUT2D eigenvalue weighted by Gasteiger charge is -2.35. The van der Waals surface area contributed by atoms with E-state index in [9.17, 15) is 87.2 Å². The minimum atomic E-state index is -1.86. The van der Waals surface area contributed by atoms with E-state index >= 15 is 0 Å². The molecule has 33 nitrogen and oxygen atoms in total. The Hall–Kier alpha value is -7.37. The molecule has 0 aliphatic carbocycles. The molecule has 0 aromatic carbocycles. The van der Waals surface area contributed by atoms with E-state index in [0.29, 0.717) is 32.1 Å². The third kappa shape index (κ3) is 23.8. The van der Waals surface area contributed by atoms with Gasteiger partial charge in [-0.05, 0) is 63.7 Å². The van der Waals surface area contributed by atoms with E-state index in [4.69, 9.17) is 17.2 Å². The molecule has 0 unspecified atom stereocenters. The van der Waals surface area contributed by atoms with Gasteiger partial charge < -0.3 is 95.5 Å². The number of thiol groups is 2. The van der Waals surface area contributed by atoms with Crippen molar-refractivity contribution in [2.45, 2.75) is 198 Å². The van der Waals surface area contributed by atoms with Gasteiger partial charge in [-0.1, -0.05) is 60.8 Å². The van der Waals surface area contributed by atoms with E-state index in [-0.39, 0.29) is 50.3 Å². The number of nitrogens with zero attached hydrogens (tertiary/aromatic N) is 2. The van der Waals surface area contributed by atoms with Crippen molar-refractivity contribution >= 4 is 114 Å². The Balaban J connectivity index is 2.23. The number of aliphatic hydroxyl groups excluding tert-OH is 2. The molecule has 0 bridgehead atoms. The molecule has 19 N–H and O–H groups in total. The number of carbonyl (C=O) groups is 15. The number of primary amides is 2. The first kappa shape index (κ1) is 78.7. The molecule has 0 aromatic rings. The summed E-state index contributed by atoms with van der Waals surface area (Å²) in [6.07, 6.45) is -1.10. The molecule has 2 aliphatic rings. The number of hydrogen-bond donors (Lipinski definition) is 18. The molecule has 2 heterocycles. The smallest absolute Gasteiger partial charge is 0.326 e. The Morgan fingerprint density at radius 3 is 1.52 bits per heavy atom. The Morgan fingerprint density at radius 2 is 1.01 bits per heavy atom. The molecule has 508 valence electrons. The van der Waals surface area contributed by atoms with E-state index in [2.05, 4.69) is 78.4 Å². The van der Waals surface area contributed by atoms with E-state index in [1.807, 2.05) is 0 Å².